The molecule has 2 N–H and O–H groups in total. The number of carbonyl (C=O) groups excluding carboxylic acids is 1. The SMILES string of the molecule is CCOC1CC(N)(C(=O)N2CCC(CN(CC)CC)CC2)C1(C)C. The Morgan fingerprint density at radius 2 is 1.79 bits per heavy atom. The molecule has 140 valence electrons. The number of nitrogens with two attached hydrogens (primary N) is 1. The second kappa shape index (κ2) is 7.71. The van der Waals surface area contributed by atoms with Crippen LogP contribution in [0.15, 0.2) is 0 Å². The summed E-state index contributed by atoms with van der Waals surface area (Å²) in [4.78, 5) is 17.5. The van der Waals surface area contributed by atoms with E-state index in [2.05, 4.69) is 32.6 Å². The number of ether oxygens (including phenoxy) is 1. The van der Waals surface area contributed by atoms with Crippen LogP contribution in [0.25, 0.3) is 0 Å². The van der Waals surface area contributed by atoms with Gasteiger partial charge in [0.2, 0.25) is 5.91 Å². The first kappa shape index (κ1) is 19.7. The summed E-state index contributed by atoms with van der Waals surface area (Å²) in [6, 6.07) is 0. The minimum Gasteiger partial charge on any atom is -0.378 e. The molecule has 1 saturated heterocycles. The average Bonchev–Trinajstić information content (AvgIpc) is 2.59. The van der Waals surface area contributed by atoms with Crippen molar-refractivity contribution in [3.8, 4) is 0 Å². The zero-order chi connectivity index (χ0) is 18.0. The highest BCUT2D eigenvalue weighted by atomic mass is 16.5. The van der Waals surface area contributed by atoms with Crippen molar-refractivity contribution in [1.82, 2.24) is 9.80 Å². The molecule has 1 saturated carbocycles. The molecule has 5 heteroatoms. The molecule has 1 amide bonds. The van der Waals surface area contributed by atoms with Gasteiger partial charge in [-0.15, -0.1) is 0 Å². The van der Waals surface area contributed by atoms with E-state index in [1.165, 1.54) is 0 Å². The van der Waals surface area contributed by atoms with Gasteiger partial charge in [-0.2, -0.15) is 0 Å². The Morgan fingerprint density at radius 3 is 2.25 bits per heavy atom. The van der Waals surface area contributed by atoms with Crippen LogP contribution in [0.3, 0.4) is 0 Å². The van der Waals surface area contributed by atoms with Crippen molar-refractivity contribution in [3.63, 3.8) is 0 Å². The van der Waals surface area contributed by atoms with E-state index in [0.29, 0.717) is 18.9 Å². The lowest BCUT2D eigenvalue weighted by molar-refractivity contribution is -0.180. The summed E-state index contributed by atoms with van der Waals surface area (Å²) < 4.78 is 5.76. The number of hydrogen-bond donors (Lipinski definition) is 1. The molecule has 1 aliphatic carbocycles. The van der Waals surface area contributed by atoms with Gasteiger partial charge in [0.1, 0.15) is 5.54 Å². The molecule has 1 aliphatic heterocycles. The van der Waals surface area contributed by atoms with Crippen LogP contribution in [-0.4, -0.2) is 66.7 Å². The standard InChI is InChI=1S/C19H37N3O2/c1-6-21(7-2)14-15-9-11-22(12-10-15)17(23)19(20)13-16(24-8-3)18(19,4)5/h15-16H,6-14,20H2,1-5H3. The molecule has 0 radical (unpaired) electrons. The second-order valence-corrected chi connectivity index (χ2v) is 8.06. The van der Waals surface area contributed by atoms with Crippen LogP contribution in [-0.2, 0) is 9.53 Å². The summed E-state index contributed by atoms with van der Waals surface area (Å²) in [6.45, 7) is 16.3. The predicted molar refractivity (Wildman–Crippen MR) is 97.8 cm³/mol. The van der Waals surface area contributed by atoms with Crippen molar-refractivity contribution in [1.29, 1.82) is 0 Å². The van der Waals surface area contributed by atoms with Gasteiger partial charge in [-0.05, 0) is 38.8 Å². The molecule has 0 bridgehead atoms. The smallest absolute Gasteiger partial charge is 0.243 e. The van der Waals surface area contributed by atoms with Gasteiger partial charge < -0.3 is 20.3 Å². The third-order valence-corrected chi connectivity index (χ3v) is 6.52. The minimum absolute atomic E-state index is 0.0941. The second-order valence-electron chi connectivity index (χ2n) is 8.06. The van der Waals surface area contributed by atoms with Crippen LogP contribution in [0.4, 0.5) is 0 Å². The fraction of sp³-hybridized carbons (Fsp3) is 0.947. The van der Waals surface area contributed by atoms with Gasteiger partial charge in [0, 0.05) is 38.1 Å². The van der Waals surface area contributed by atoms with Crippen molar-refractivity contribution < 1.29 is 9.53 Å². The zero-order valence-corrected chi connectivity index (χ0v) is 16.3. The van der Waals surface area contributed by atoms with E-state index in [4.69, 9.17) is 10.5 Å². The molecular formula is C19H37N3O2. The molecule has 0 aromatic rings. The fourth-order valence-corrected chi connectivity index (χ4v) is 4.25. The Kier molecular flexibility index (Phi) is 6.32. The van der Waals surface area contributed by atoms with Crippen LogP contribution in [0.2, 0.25) is 0 Å². The Hall–Kier alpha value is -0.650. The minimum atomic E-state index is -0.765. The van der Waals surface area contributed by atoms with Crippen LogP contribution < -0.4 is 5.73 Å². The van der Waals surface area contributed by atoms with Gasteiger partial charge in [-0.1, -0.05) is 27.7 Å². The Balaban J connectivity index is 1.89. The van der Waals surface area contributed by atoms with Crippen LogP contribution in [0, 0.1) is 11.3 Å². The van der Waals surface area contributed by atoms with Crippen molar-refractivity contribution in [2.45, 2.75) is 65.5 Å². The highest BCUT2D eigenvalue weighted by molar-refractivity contribution is 5.89. The van der Waals surface area contributed by atoms with E-state index < -0.39 is 5.54 Å². The summed E-state index contributed by atoms with van der Waals surface area (Å²) in [5.41, 5.74) is 5.50. The number of likely N-dealkylation sites (tertiary alicyclic amines) is 1. The maximum atomic E-state index is 13.0. The first-order valence-electron chi connectivity index (χ1n) is 9.72. The third-order valence-electron chi connectivity index (χ3n) is 6.52. The Labute approximate surface area is 147 Å². The fourth-order valence-electron chi connectivity index (χ4n) is 4.25. The van der Waals surface area contributed by atoms with Crippen molar-refractivity contribution in [3.05, 3.63) is 0 Å². The van der Waals surface area contributed by atoms with Crippen LogP contribution >= 0.6 is 0 Å². The maximum absolute atomic E-state index is 13.0. The highest BCUT2D eigenvalue weighted by Crippen LogP contribution is 2.50. The summed E-state index contributed by atoms with van der Waals surface area (Å²) >= 11 is 0. The largest absolute Gasteiger partial charge is 0.378 e. The van der Waals surface area contributed by atoms with E-state index in [1.54, 1.807) is 0 Å². The Morgan fingerprint density at radius 1 is 1.21 bits per heavy atom. The molecule has 0 aromatic heterocycles. The summed E-state index contributed by atoms with van der Waals surface area (Å²) in [7, 11) is 0. The number of carbonyl (C=O) groups is 1. The number of piperidine rings is 1. The van der Waals surface area contributed by atoms with Gasteiger partial charge >= 0.3 is 0 Å². The highest BCUT2D eigenvalue weighted by Gasteiger charge is 2.63. The number of amides is 1. The van der Waals surface area contributed by atoms with Crippen molar-refractivity contribution in [2.24, 2.45) is 17.1 Å². The van der Waals surface area contributed by atoms with E-state index in [9.17, 15) is 4.79 Å². The maximum Gasteiger partial charge on any atom is 0.243 e. The van der Waals surface area contributed by atoms with Gasteiger partial charge in [-0.25, -0.2) is 0 Å². The molecule has 2 rings (SSSR count). The molecule has 2 aliphatic rings. The van der Waals surface area contributed by atoms with E-state index in [-0.39, 0.29) is 17.4 Å². The van der Waals surface area contributed by atoms with E-state index >= 15 is 0 Å². The molecule has 1 heterocycles. The summed E-state index contributed by atoms with van der Waals surface area (Å²) in [5, 5.41) is 0. The lowest BCUT2D eigenvalue weighted by Crippen LogP contribution is -2.76. The number of rotatable bonds is 7. The topological polar surface area (TPSA) is 58.8 Å². The van der Waals surface area contributed by atoms with Gasteiger partial charge in [0.15, 0.2) is 0 Å². The summed E-state index contributed by atoms with van der Waals surface area (Å²) in [5.74, 6) is 0.831. The quantitative estimate of drug-likeness (QED) is 0.772. The average molecular weight is 340 g/mol. The number of hydrogen-bond acceptors (Lipinski definition) is 4. The molecular weight excluding hydrogens is 302 g/mol. The van der Waals surface area contributed by atoms with E-state index in [0.717, 1.165) is 45.6 Å². The summed E-state index contributed by atoms with van der Waals surface area (Å²) in [6.07, 6.45) is 2.92. The van der Waals surface area contributed by atoms with Gasteiger partial charge in [-0.3, -0.25) is 4.79 Å². The first-order valence-corrected chi connectivity index (χ1v) is 9.72. The zero-order valence-electron chi connectivity index (χ0n) is 16.3. The van der Waals surface area contributed by atoms with Gasteiger partial charge in [0.05, 0.1) is 6.10 Å². The van der Waals surface area contributed by atoms with Crippen LogP contribution in [0.5, 0.6) is 0 Å². The molecule has 2 unspecified atom stereocenters. The molecule has 2 atom stereocenters. The molecule has 2 fully saturated rings. The van der Waals surface area contributed by atoms with Crippen molar-refractivity contribution in [2.75, 3.05) is 39.3 Å². The first-order chi connectivity index (χ1) is 11.3. The van der Waals surface area contributed by atoms with E-state index in [1.807, 2.05) is 11.8 Å². The van der Waals surface area contributed by atoms with Gasteiger partial charge in [0.25, 0.3) is 0 Å². The predicted octanol–water partition coefficient (Wildman–Crippen LogP) is 2.10. The van der Waals surface area contributed by atoms with Crippen molar-refractivity contribution >= 4 is 5.91 Å². The monoisotopic (exact) mass is 339 g/mol. The molecule has 0 aromatic carbocycles. The normalized spacial score (nSPS) is 30.5. The lowest BCUT2D eigenvalue weighted by atomic mass is 9.54. The molecule has 24 heavy (non-hydrogen) atoms. The Bertz CT molecular complexity index is 428. The third kappa shape index (κ3) is 3.49. The molecule has 0 spiro atoms. The number of nitrogens with zero attached hydrogens (tertiary/aromatic N) is 2. The molecule has 5 nitrogen and oxygen atoms in total. The van der Waals surface area contributed by atoms with Crippen LogP contribution in [0.1, 0.15) is 53.9 Å². The lowest BCUT2D eigenvalue weighted by Gasteiger charge is -2.59.